The molecule has 0 aromatic heterocycles. The van der Waals surface area contributed by atoms with Crippen LogP contribution in [0.1, 0.15) is 25.7 Å². The maximum absolute atomic E-state index is 5.40. The first-order valence-corrected chi connectivity index (χ1v) is 3.77. The average molecular weight is 124 g/mol. The molecule has 0 aromatic rings. The lowest BCUT2D eigenvalue weighted by molar-refractivity contribution is 0.359. The van der Waals surface area contributed by atoms with E-state index in [4.69, 9.17) is 4.74 Å². The van der Waals surface area contributed by atoms with Gasteiger partial charge >= 0.3 is 0 Å². The van der Waals surface area contributed by atoms with Crippen molar-refractivity contribution in [3.63, 3.8) is 0 Å². The van der Waals surface area contributed by atoms with Crippen LogP contribution in [0.15, 0.2) is 12.2 Å². The highest BCUT2D eigenvalue weighted by Crippen LogP contribution is 2.31. The molecule has 0 bridgehead atoms. The number of allylic oxidation sites excluding steroid dienone is 2. The Morgan fingerprint density at radius 2 is 1.56 bits per heavy atom. The molecule has 2 aliphatic rings. The van der Waals surface area contributed by atoms with Gasteiger partial charge in [-0.2, -0.15) is 0 Å². The zero-order valence-electron chi connectivity index (χ0n) is 5.55. The van der Waals surface area contributed by atoms with E-state index in [0.29, 0.717) is 12.2 Å². The van der Waals surface area contributed by atoms with E-state index in [9.17, 15) is 0 Å². The summed E-state index contributed by atoms with van der Waals surface area (Å²) in [5.74, 6) is 0. The van der Waals surface area contributed by atoms with Crippen molar-refractivity contribution in [1.29, 1.82) is 0 Å². The summed E-state index contributed by atoms with van der Waals surface area (Å²) in [4.78, 5) is 0. The van der Waals surface area contributed by atoms with Gasteiger partial charge in [-0.05, 0) is 25.7 Å². The van der Waals surface area contributed by atoms with E-state index in [-0.39, 0.29) is 0 Å². The molecule has 9 heavy (non-hydrogen) atoms. The predicted molar refractivity (Wildman–Crippen MR) is 36.3 cm³/mol. The van der Waals surface area contributed by atoms with Gasteiger partial charge in [-0.1, -0.05) is 12.2 Å². The Morgan fingerprint density at radius 3 is 2.11 bits per heavy atom. The van der Waals surface area contributed by atoms with Gasteiger partial charge < -0.3 is 4.74 Å². The fraction of sp³-hybridized carbons (Fsp3) is 0.750. The molecule has 1 fully saturated rings. The molecule has 0 spiro atoms. The summed E-state index contributed by atoms with van der Waals surface area (Å²) in [6.45, 7) is 0. The molecule has 0 unspecified atom stereocenters. The third-order valence-corrected chi connectivity index (χ3v) is 2.09. The SMILES string of the molecule is C1=CCC[C@H]2O[C@@H]2CC1. The van der Waals surface area contributed by atoms with Gasteiger partial charge in [0.2, 0.25) is 0 Å². The minimum absolute atomic E-state index is 0.634. The molecule has 2 atom stereocenters. The Bertz CT molecular complexity index is 115. The summed E-state index contributed by atoms with van der Waals surface area (Å²) in [7, 11) is 0. The second-order valence-corrected chi connectivity index (χ2v) is 2.84. The number of rotatable bonds is 0. The quantitative estimate of drug-likeness (QED) is 0.355. The second kappa shape index (κ2) is 2.14. The molecule has 1 heterocycles. The van der Waals surface area contributed by atoms with Crippen LogP contribution < -0.4 is 0 Å². The van der Waals surface area contributed by atoms with Gasteiger partial charge in [-0.15, -0.1) is 0 Å². The molecule has 0 radical (unpaired) electrons. The van der Waals surface area contributed by atoms with E-state index in [1.165, 1.54) is 25.7 Å². The number of hydrogen-bond acceptors (Lipinski definition) is 1. The number of fused-ring (bicyclic) bond motifs is 1. The molecule has 0 N–H and O–H groups in total. The standard InChI is InChI=1S/C8H12O/c1-2-4-6-8-7(9-8)5-3-1/h1-2,7-8H,3-6H2/t7-,8-/m1/s1. The average Bonchev–Trinajstić information content (AvgIpc) is 2.46. The molecule has 1 saturated heterocycles. The highest BCUT2D eigenvalue weighted by molar-refractivity contribution is 4.94. The maximum Gasteiger partial charge on any atom is 0.0845 e. The minimum atomic E-state index is 0.634. The fourth-order valence-electron chi connectivity index (χ4n) is 1.44. The lowest BCUT2D eigenvalue weighted by Crippen LogP contribution is -1.94. The van der Waals surface area contributed by atoms with Crippen LogP contribution in [-0.4, -0.2) is 12.2 Å². The Kier molecular flexibility index (Phi) is 1.31. The Morgan fingerprint density at radius 1 is 1.00 bits per heavy atom. The predicted octanol–water partition coefficient (Wildman–Crippen LogP) is 1.88. The summed E-state index contributed by atoms with van der Waals surface area (Å²) in [5, 5.41) is 0. The fourth-order valence-corrected chi connectivity index (χ4v) is 1.44. The van der Waals surface area contributed by atoms with Crippen LogP contribution in [0.3, 0.4) is 0 Å². The highest BCUT2D eigenvalue weighted by atomic mass is 16.6. The van der Waals surface area contributed by atoms with Gasteiger partial charge in [-0.25, -0.2) is 0 Å². The van der Waals surface area contributed by atoms with Gasteiger partial charge in [-0.3, -0.25) is 0 Å². The van der Waals surface area contributed by atoms with Crippen LogP contribution in [0.25, 0.3) is 0 Å². The maximum atomic E-state index is 5.40. The van der Waals surface area contributed by atoms with E-state index in [1.807, 2.05) is 0 Å². The molecule has 1 nitrogen and oxygen atoms in total. The molecular formula is C8H12O. The lowest BCUT2D eigenvalue weighted by atomic mass is 10.1. The van der Waals surface area contributed by atoms with Crippen LogP contribution in [0, 0.1) is 0 Å². The van der Waals surface area contributed by atoms with Crippen molar-refractivity contribution < 1.29 is 4.74 Å². The van der Waals surface area contributed by atoms with Crippen molar-refractivity contribution in [3.8, 4) is 0 Å². The molecule has 0 saturated carbocycles. The Labute approximate surface area is 55.7 Å². The molecule has 0 amide bonds. The first-order chi connectivity index (χ1) is 4.47. The zero-order chi connectivity index (χ0) is 6.10. The van der Waals surface area contributed by atoms with Crippen molar-refractivity contribution in [3.05, 3.63) is 12.2 Å². The smallest absolute Gasteiger partial charge is 0.0845 e. The van der Waals surface area contributed by atoms with Gasteiger partial charge in [0.25, 0.3) is 0 Å². The van der Waals surface area contributed by atoms with Crippen molar-refractivity contribution >= 4 is 0 Å². The van der Waals surface area contributed by atoms with Crippen molar-refractivity contribution in [2.24, 2.45) is 0 Å². The van der Waals surface area contributed by atoms with E-state index in [1.54, 1.807) is 0 Å². The number of hydrogen-bond donors (Lipinski definition) is 0. The first kappa shape index (κ1) is 5.48. The topological polar surface area (TPSA) is 12.5 Å². The summed E-state index contributed by atoms with van der Waals surface area (Å²) < 4.78 is 5.40. The summed E-state index contributed by atoms with van der Waals surface area (Å²) >= 11 is 0. The number of ether oxygens (including phenoxy) is 1. The summed E-state index contributed by atoms with van der Waals surface area (Å²) in [5.41, 5.74) is 0. The van der Waals surface area contributed by atoms with Crippen LogP contribution >= 0.6 is 0 Å². The zero-order valence-corrected chi connectivity index (χ0v) is 5.55. The van der Waals surface area contributed by atoms with Gasteiger partial charge in [0.1, 0.15) is 0 Å². The second-order valence-electron chi connectivity index (χ2n) is 2.84. The largest absolute Gasteiger partial charge is 0.370 e. The molecule has 2 rings (SSSR count). The van der Waals surface area contributed by atoms with Crippen LogP contribution in [0.4, 0.5) is 0 Å². The van der Waals surface area contributed by atoms with E-state index in [2.05, 4.69) is 12.2 Å². The van der Waals surface area contributed by atoms with Gasteiger partial charge in [0.15, 0.2) is 0 Å². The normalized spacial score (nSPS) is 40.9. The van der Waals surface area contributed by atoms with E-state index < -0.39 is 0 Å². The van der Waals surface area contributed by atoms with Crippen LogP contribution in [0.2, 0.25) is 0 Å². The molecule has 50 valence electrons. The summed E-state index contributed by atoms with van der Waals surface area (Å²) in [6.07, 6.45) is 10.8. The van der Waals surface area contributed by atoms with Crippen molar-refractivity contribution in [2.75, 3.05) is 0 Å². The van der Waals surface area contributed by atoms with Gasteiger partial charge in [0.05, 0.1) is 12.2 Å². The lowest BCUT2D eigenvalue weighted by Gasteiger charge is -1.95. The first-order valence-electron chi connectivity index (χ1n) is 3.77. The van der Waals surface area contributed by atoms with Crippen molar-refractivity contribution in [1.82, 2.24) is 0 Å². The molecule has 0 aromatic carbocycles. The third-order valence-electron chi connectivity index (χ3n) is 2.09. The highest BCUT2D eigenvalue weighted by Gasteiger charge is 2.37. The number of epoxide rings is 1. The molecular weight excluding hydrogens is 112 g/mol. The van der Waals surface area contributed by atoms with Crippen molar-refractivity contribution in [2.45, 2.75) is 37.9 Å². The summed E-state index contributed by atoms with van der Waals surface area (Å²) in [6, 6.07) is 0. The van der Waals surface area contributed by atoms with Crippen LogP contribution in [0.5, 0.6) is 0 Å². The Hall–Kier alpha value is -0.300. The minimum Gasteiger partial charge on any atom is -0.370 e. The Balaban J connectivity index is 1.91. The van der Waals surface area contributed by atoms with Crippen LogP contribution in [-0.2, 0) is 4.74 Å². The van der Waals surface area contributed by atoms with Gasteiger partial charge in [0, 0.05) is 0 Å². The molecule has 1 aliphatic carbocycles. The van der Waals surface area contributed by atoms with E-state index >= 15 is 0 Å². The molecule has 1 aliphatic heterocycles. The molecule has 1 heteroatoms. The van der Waals surface area contributed by atoms with E-state index in [0.717, 1.165) is 0 Å². The monoisotopic (exact) mass is 124 g/mol. The third kappa shape index (κ3) is 1.16.